The summed E-state index contributed by atoms with van der Waals surface area (Å²) in [5, 5.41) is 16.7. The standard InChI is InChI=1S/C31H31Cl3N4O3S2/c1-15(30(40)41)6-21-22(33)9-19(10-23(21)34)28(39)36-31-35-27(26-11-20(32)14-42-26)29(43-31)37-12-18-4-5-38(25(18)13-37)24-8-16-2-3-17(24)7-16/h6,9-11,14,16-18,24-25H,2-5,7-8,12-13H2,1H3,(H,40,41)(H,35,36,39)/b15-6+. The summed E-state index contributed by atoms with van der Waals surface area (Å²) in [5.41, 5.74) is 1.54. The molecular formula is C31H31Cl3N4O3S2. The van der Waals surface area contributed by atoms with Gasteiger partial charge in [-0.05, 0) is 81.2 Å². The van der Waals surface area contributed by atoms with Crippen LogP contribution in [0, 0.1) is 17.8 Å². The molecule has 2 N–H and O–H groups in total. The van der Waals surface area contributed by atoms with Gasteiger partial charge in [0, 0.05) is 47.3 Å². The number of nitrogens with zero attached hydrogens (tertiary/aromatic N) is 3. The Morgan fingerprint density at radius 2 is 1.84 bits per heavy atom. The van der Waals surface area contributed by atoms with Crippen LogP contribution in [0.5, 0.6) is 0 Å². The molecule has 7 nitrogen and oxygen atoms in total. The minimum absolute atomic E-state index is 0.0853. The molecule has 2 aliphatic heterocycles. The zero-order chi connectivity index (χ0) is 30.0. The lowest BCUT2D eigenvalue weighted by atomic mass is 9.93. The normalized spacial score (nSPS) is 26.8. The Kier molecular flexibility index (Phi) is 8.01. The number of aromatic nitrogens is 1. The molecule has 7 rings (SSSR count). The lowest BCUT2D eigenvalue weighted by molar-refractivity contribution is -0.132. The molecule has 5 atom stereocenters. The first-order valence-electron chi connectivity index (χ1n) is 14.6. The van der Waals surface area contributed by atoms with Gasteiger partial charge in [0.1, 0.15) is 10.7 Å². The van der Waals surface area contributed by atoms with Crippen molar-refractivity contribution in [3.63, 3.8) is 0 Å². The van der Waals surface area contributed by atoms with E-state index in [2.05, 4.69) is 15.1 Å². The van der Waals surface area contributed by atoms with Crippen molar-refractivity contribution in [3.8, 4) is 10.6 Å². The van der Waals surface area contributed by atoms with E-state index in [1.54, 1.807) is 11.3 Å². The first-order valence-corrected chi connectivity index (χ1v) is 17.5. The Morgan fingerprint density at radius 1 is 1.05 bits per heavy atom. The molecule has 5 unspecified atom stereocenters. The van der Waals surface area contributed by atoms with Gasteiger partial charge in [0.2, 0.25) is 0 Å². The number of amides is 1. The maximum absolute atomic E-state index is 13.3. The van der Waals surface area contributed by atoms with Gasteiger partial charge in [-0.1, -0.05) is 52.6 Å². The van der Waals surface area contributed by atoms with E-state index in [9.17, 15) is 14.7 Å². The molecule has 4 heterocycles. The second kappa shape index (κ2) is 11.7. The number of hydrogen-bond acceptors (Lipinski definition) is 7. The Balaban J connectivity index is 1.14. The largest absolute Gasteiger partial charge is 0.478 e. The number of carboxylic acids is 1. The van der Waals surface area contributed by atoms with E-state index in [1.807, 2.05) is 11.4 Å². The zero-order valence-corrected chi connectivity index (χ0v) is 27.4. The van der Waals surface area contributed by atoms with Crippen molar-refractivity contribution in [1.29, 1.82) is 0 Å². The van der Waals surface area contributed by atoms with E-state index < -0.39 is 11.9 Å². The fraction of sp³-hybridized carbons (Fsp3) is 0.452. The van der Waals surface area contributed by atoms with Gasteiger partial charge in [0.15, 0.2) is 5.13 Å². The highest BCUT2D eigenvalue weighted by Gasteiger charge is 2.50. The SMILES string of the molecule is C/C(=C\c1c(Cl)cc(C(=O)Nc2nc(-c3cc(Cl)cs3)c(N3CC4CCN(C5CC6CCC5C6)C4C3)s2)cc1Cl)C(=O)O. The summed E-state index contributed by atoms with van der Waals surface area (Å²) in [7, 11) is 0. The molecule has 4 fully saturated rings. The number of thiazole rings is 1. The average Bonchev–Trinajstić information content (AvgIpc) is 3.79. The molecular weight excluding hydrogens is 647 g/mol. The molecule has 2 bridgehead atoms. The first kappa shape index (κ1) is 29.6. The molecule has 3 aromatic rings. The van der Waals surface area contributed by atoms with Crippen LogP contribution in [0.15, 0.2) is 29.2 Å². The Bertz CT molecular complexity index is 1610. The minimum Gasteiger partial charge on any atom is -0.478 e. The molecule has 0 radical (unpaired) electrons. The van der Waals surface area contributed by atoms with Crippen molar-refractivity contribution in [2.75, 3.05) is 29.9 Å². The molecule has 226 valence electrons. The molecule has 1 amide bonds. The van der Waals surface area contributed by atoms with Crippen LogP contribution in [0.3, 0.4) is 0 Å². The summed E-state index contributed by atoms with van der Waals surface area (Å²) in [6.07, 6.45) is 8.23. The summed E-state index contributed by atoms with van der Waals surface area (Å²) >= 11 is 22.2. The predicted molar refractivity (Wildman–Crippen MR) is 176 cm³/mol. The number of benzene rings is 1. The van der Waals surface area contributed by atoms with E-state index in [0.717, 1.165) is 46.5 Å². The lowest BCUT2D eigenvalue weighted by Crippen LogP contribution is -2.45. The number of carbonyl (C=O) groups is 2. The van der Waals surface area contributed by atoms with E-state index in [4.69, 9.17) is 39.8 Å². The fourth-order valence-corrected chi connectivity index (χ4v) is 10.4. The third-order valence-electron chi connectivity index (χ3n) is 9.67. The predicted octanol–water partition coefficient (Wildman–Crippen LogP) is 8.27. The summed E-state index contributed by atoms with van der Waals surface area (Å²) in [5.74, 6) is 0.976. The van der Waals surface area contributed by atoms with Crippen LogP contribution >= 0.6 is 57.5 Å². The number of carboxylic acid groups (broad SMARTS) is 1. The van der Waals surface area contributed by atoms with Gasteiger partial charge in [-0.25, -0.2) is 9.78 Å². The lowest BCUT2D eigenvalue weighted by Gasteiger charge is -2.35. The maximum Gasteiger partial charge on any atom is 0.331 e. The van der Waals surface area contributed by atoms with Crippen molar-refractivity contribution >= 4 is 85.6 Å². The zero-order valence-electron chi connectivity index (χ0n) is 23.5. The third kappa shape index (κ3) is 5.62. The van der Waals surface area contributed by atoms with Gasteiger partial charge in [0.25, 0.3) is 5.91 Å². The number of aliphatic carboxylic acids is 1. The molecule has 4 aliphatic rings. The average molecular weight is 678 g/mol. The van der Waals surface area contributed by atoms with Gasteiger partial charge in [-0.2, -0.15) is 0 Å². The Hall–Kier alpha value is -2.14. The van der Waals surface area contributed by atoms with Gasteiger partial charge in [-0.15, -0.1) is 11.3 Å². The number of rotatable bonds is 7. The van der Waals surface area contributed by atoms with Crippen LogP contribution in [0.1, 0.15) is 54.9 Å². The third-order valence-corrected chi connectivity index (χ3v) is 12.6. The van der Waals surface area contributed by atoms with E-state index in [-0.39, 0.29) is 21.2 Å². The monoisotopic (exact) mass is 676 g/mol. The molecule has 43 heavy (non-hydrogen) atoms. The van der Waals surface area contributed by atoms with Crippen molar-refractivity contribution in [1.82, 2.24) is 9.88 Å². The van der Waals surface area contributed by atoms with Gasteiger partial charge >= 0.3 is 5.97 Å². The summed E-state index contributed by atoms with van der Waals surface area (Å²) in [4.78, 5) is 35.8. The van der Waals surface area contributed by atoms with Crippen molar-refractivity contribution in [2.24, 2.45) is 17.8 Å². The van der Waals surface area contributed by atoms with Crippen LogP contribution < -0.4 is 10.2 Å². The first-order chi connectivity index (χ1) is 20.6. The molecule has 0 spiro atoms. The van der Waals surface area contributed by atoms with Crippen molar-refractivity contribution in [3.05, 3.63) is 55.3 Å². The van der Waals surface area contributed by atoms with E-state index >= 15 is 0 Å². The van der Waals surface area contributed by atoms with Gasteiger partial charge in [-0.3, -0.25) is 15.0 Å². The highest BCUT2D eigenvalue weighted by Crippen LogP contribution is 2.51. The van der Waals surface area contributed by atoms with E-state index in [0.29, 0.717) is 27.7 Å². The topological polar surface area (TPSA) is 85.8 Å². The van der Waals surface area contributed by atoms with Crippen LogP contribution in [0.4, 0.5) is 10.1 Å². The molecule has 2 aromatic heterocycles. The van der Waals surface area contributed by atoms with Crippen LogP contribution in [-0.2, 0) is 4.79 Å². The highest BCUT2D eigenvalue weighted by atomic mass is 35.5. The van der Waals surface area contributed by atoms with Gasteiger partial charge < -0.3 is 10.0 Å². The molecule has 1 aromatic carbocycles. The molecule has 2 aliphatic carbocycles. The smallest absolute Gasteiger partial charge is 0.331 e. The van der Waals surface area contributed by atoms with Crippen LogP contribution in [-0.4, -0.2) is 58.6 Å². The van der Waals surface area contributed by atoms with Crippen molar-refractivity contribution < 1.29 is 14.7 Å². The maximum atomic E-state index is 13.3. The van der Waals surface area contributed by atoms with Gasteiger partial charge in [0.05, 0.1) is 19.9 Å². The second-order valence-electron chi connectivity index (χ2n) is 12.2. The number of halogens is 3. The molecule has 2 saturated carbocycles. The molecule has 12 heteroatoms. The number of anilines is 2. The quantitative estimate of drug-likeness (QED) is 0.245. The minimum atomic E-state index is -1.07. The number of likely N-dealkylation sites (tertiary alicyclic amines) is 1. The number of thiophene rings is 1. The highest BCUT2D eigenvalue weighted by molar-refractivity contribution is 7.21. The fourth-order valence-electron chi connectivity index (χ4n) is 7.67. The number of nitrogens with one attached hydrogen (secondary N) is 1. The summed E-state index contributed by atoms with van der Waals surface area (Å²) in [6, 6.07) is 6.22. The Morgan fingerprint density at radius 3 is 2.49 bits per heavy atom. The number of fused-ring (bicyclic) bond motifs is 3. The second-order valence-corrected chi connectivity index (χ2v) is 15.4. The number of carbonyl (C=O) groups excluding carboxylic acids is 1. The van der Waals surface area contributed by atoms with Crippen LogP contribution in [0.2, 0.25) is 15.1 Å². The molecule has 2 saturated heterocycles. The van der Waals surface area contributed by atoms with Crippen LogP contribution in [0.25, 0.3) is 16.6 Å². The van der Waals surface area contributed by atoms with E-state index in [1.165, 1.54) is 75.1 Å². The summed E-state index contributed by atoms with van der Waals surface area (Å²) in [6.45, 7) is 4.62. The Labute approximate surface area is 273 Å². The van der Waals surface area contributed by atoms with Crippen molar-refractivity contribution in [2.45, 2.75) is 51.1 Å². The number of hydrogen-bond donors (Lipinski definition) is 2. The summed E-state index contributed by atoms with van der Waals surface area (Å²) < 4.78 is 0.